The quantitative estimate of drug-likeness (QED) is 0.925. The van der Waals surface area contributed by atoms with Gasteiger partial charge in [-0.3, -0.25) is 4.21 Å². The van der Waals surface area contributed by atoms with Crippen molar-refractivity contribution >= 4 is 16.8 Å². The summed E-state index contributed by atoms with van der Waals surface area (Å²) in [6.07, 6.45) is 7.91. The number of carboxylic acid groups (broad SMARTS) is 1. The van der Waals surface area contributed by atoms with E-state index < -0.39 is 16.8 Å². The van der Waals surface area contributed by atoms with Crippen LogP contribution >= 0.6 is 0 Å². The molecular weight excluding hydrogens is 292 g/mol. The molecule has 6 heteroatoms. The number of hydrogen-bond donors (Lipinski definition) is 1. The fourth-order valence-electron chi connectivity index (χ4n) is 3.39. The van der Waals surface area contributed by atoms with Gasteiger partial charge in [-0.2, -0.15) is 0 Å². The van der Waals surface area contributed by atoms with Crippen molar-refractivity contribution in [3.05, 3.63) is 17.9 Å². The van der Waals surface area contributed by atoms with Crippen LogP contribution in [0.4, 0.5) is 0 Å². The summed E-state index contributed by atoms with van der Waals surface area (Å²) in [4.78, 5) is 10.8. The number of aromatic carboxylic acids is 1. The second-order valence-corrected chi connectivity index (χ2v) is 7.38. The summed E-state index contributed by atoms with van der Waals surface area (Å²) in [6.45, 7) is 0. The molecule has 1 aliphatic carbocycles. The van der Waals surface area contributed by atoms with Crippen molar-refractivity contribution in [3.8, 4) is 0 Å². The lowest BCUT2D eigenvalue weighted by Crippen LogP contribution is -2.32. The molecule has 3 rings (SSSR count). The highest BCUT2D eigenvalue weighted by Gasteiger charge is 2.41. The zero-order valence-corrected chi connectivity index (χ0v) is 12.7. The Morgan fingerprint density at radius 2 is 2.05 bits per heavy atom. The van der Waals surface area contributed by atoms with E-state index in [-0.39, 0.29) is 22.6 Å². The fraction of sp³-hybridized carbons (Fsp3) is 0.667. The Balaban J connectivity index is 1.59. The molecule has 0 bridgehead atoms. The van der Waals surface area contributed by atoms with Gasteiger partial charge in [0, 0.05) is 0 Å². The Bertz CT molecular complexity index is 544. The van der Waals surface area contributed by atoms with Crippen molar-refractivity contribution in [1.82, 2.24) is 0 Å². The zero-order valence-electron chi connectivity index (χ0n) is 11.9. The van der Waals surface area contributed by atoms with E-state index in [4.69, 9.17) is 14.3 Å². The molecule has 5 nitrogen and oxygen atoms in total. The highest BCUT2D eigenvalue weighted by molar-refractivity contribution is 7.84. The number of furan rings is 1. The molecule has 1 N–H and O–H groups in total. The van der Waals surface area contributed by atoms with E-state index in [1.54, 1.807) is 0 Å². The minimum atomic E-state index is -1.35. The molecule has 21 heavy (non-hydrogen) atoms. The van der Waals surface area contributed by atoms with E-state index in [1.165, 1.54) is 31.4 Å². The maximum Gasteiger partial charge on any atom is 0.371 e. The topological polar surface area (TPSA) is 76.7 Å². The van der Waals surface area contributed by atoms with Gasteiger partial charge in [0.2, 0.25) is 5.76 Å². The van der Waals surface area contributed by atoms with Gasteiger partial charge in [0.1, 0.15) is 0 Å². The van der Waals surface area contributed by atoms with E-state index in [0.717, 1.165) is 25.7 Å². The van der Waals surface area contributed by atoms with Crippen LogP contribution in [-0.4, -0.2) is 32.7 Å². The molecule has 2 unspecified atom stereocenters. The van der Waals surface area contributed by atoms with Gasteiger partial charge in [-0.25, -0.2) is 4.79 Å². The molecule has 2 fully saturated rings. The molecule has 0 aromatic carbocycles. The number of carbonyl (C=O) groups is 1. The maximum atomic E-state index is 12.3. The van der Waals surface area contributed by atoms with Crippen LogP contribution in [0.15, 0.2) is 21.6 Å². The third kappa shape index (κ3) is 3.21. The molecule has 1 aromatic heterocycles. The number of ether oxygens (including phenoxy) is 1. The van der Waals surface area contributed by atoms with E-state index in [2.05, 4.69) is 0 Å². The maximum absolute atomic E-state index is 12.3. The summed E-state index contributed by atoms with van der Waals surface area (Å²) in [7, 11) is -1.35. The molecule has 2 aliphatic rings. The number of rotatable bonds is 4. The molecule has 1 saturated carbocycles. The van der Waals surface area contributed by atoms with E-state index in [9.17, 15) is 9.00 Å². The smallest absolute Gasteiger partial charge is 0.371 e. The molecule has 1 spiro atoms. The third-order valence-electron chi connectivity index (χ3n) is 4.46. The first kappa shape index (κ1) is 14.8. The van der Waals surface area contributed by atoms with Gasteiger partial charge in [-0.15, -0.1) is 0 Å². The first-order valence-corrected chi connectivity index (χ1v) is 8.79. The Hall–Kier alpha value is -1.14. The third-order valence-corrected chi connectivity index (χ3v) is 5.80. The van der Waals surface area contributed by atoms with Gasteiger partial charge >= 0.3 is 5.97 Å². The Morgan fingerprint density at radius 3 is 2.71 bits per heavy atom. The van der Waals surface area contributed by atoms with Crippen molar-refractivity contribution in [1.29, 1.82) is 0 Å². The zero-order chi connectivity index (χ0) is 14.9. The van der Waals surface area contributed by atoms with Gasteiger partial charge in [0.25, 0.3) is 0 Å². The number of hydrogen-bond acceptors (Lipinski definition) is 4. The van der Waals surface area contributed by atoms with Crippen LogP contribution in [0.5, 0.6) is 0 Å². The second kappa shape index (κ2) is 5.93. The normalized spacial score (nSPS) is 26.0. The van der Waals surface area contributed by atoms with Gasteiger partial charge in [-0.05, 0) is 37.8 Å². The monoisotopic (exact) mass is 312 g/mol. The van der Waals surface area contributed by atoms with Gasteiger partial charge in [-0.1, -0.05) is 19.3 Å². The summed E-state index contributed by atoms with van der Waals surface area (Å²) in [5.74, 6) is -0.931. The predicted octanol–water partition coefficient (Wildman–Crippen LogP) is 2.97. The summed E-state index contributed by atoms with van der Waals surface area (Å²) in [5, 5.41) is 9.04. The Labute approximate surface area is 126 Å². The van der Waals surface area contributed by atoms with Crippen molar-refractivity contribution in [2.45, 2.75) is 61.7 Å². The Kier molecular flexibility index (Phi) is 4.17. The predicted molar refractivity (Wildman–Crippen MR) is 76.9 cm³/mol. The van der Waals surface area contributed by atoms with Gasteiger partial charge in [0.15, 0.2) is 5.09 Å². The summed E-state index contributed by atoms with van der Waals surface area (Å²) < 4.78 is 23.5. The lowest BCUT2D eigenvalue weighted by Gasteiger charge is -2.33. The van der Waals surface area contributed by atoms with E-state index >= 15 is 0 Å². The van der Waals surface area contributed by atoms with Crippen LogP contribution in [0.25, 0.3) is 0 Å². The molecule has 2 atom stereocenters. The molecule has 1 saturated heterocycles. The highest BCUT2D eigenvalue weighted by Crippen LogP contribution is 2.42. The van der Waals surface area contributed by atoms with Crippen LogP contribution < -0.4 is 0 Å². The SMILES string of the molecule is O=C(O)c1ccc(S(=O)CC2CCC3(CCCCC3)O2)o1. The minimum absolute atomic E-state index is 0.0117. The van der Waals surface area contributed by atoms with Crippen molar-refractivity contribution in [3.63, 3.8) is 0 Å². The summed E-state index contributed by atoms with van der Waals surface area (Å²) in [5.41, 5.74) is 0.0164. The van der Waals surface area contributed by atoms with Gasteiger partial charge < -0.3 is 14.3 Å². The molecule has 2 heterocycles. The molecule has 116 valence electrons. The molecule has 1 aromatic rings. The highest BCUT2D eigenvalue weighted by atomic mass is 32.2. The lowest BCUT2D eigenvalue weighted by molar-refractivity contribution is -0.0558. The number of carboxylic acids is 1. The van der Waals surface area contributed by atoms with Gasteiger partial charge in [0.05, 0.1) is 28.3 Å². The second-order valence-electron chi connectivity index (χ2n) is 5.96. The first-order valence-electron chi connectivity index (χ1n) is 7.47. The first-order chi connectivity index (χ1) is 10.1. The molecule has 1 aliphatic heterocycles. The van der Waals surface area contributed by atoms with E-state index in [0.29, 0.717) is 5.75 Å². The summed E-state index contributed by atoms with van der Waals surface area (Å²) >= 11 is 0. The Morgan fingerprint density at radius 1 is 1.29 bits per heavy atom. The van der Waals surface area contributed by atoms with Crippen LogP contribution in [0.1, 0.15) is 55.5 Å². The van der Waals surface area contributed by atoms with Crippen LogP contribution in [0, 0.1) is 0 Å². The van der Waals surface area contributed by atoms with Crippen LogP contribution in [0.2, 0.25) is 0 Å². The van der Waals surface area contributed by atoms with Crippen molar-refractivity contribution in [2.24, 2.45) is 0 Å². The van der Waals surface area contributed by atoms with Crippen molar-refractivity contribution in [2.75, 3.05) is 5.75 Å². The fourth-order valence-corrected chi connectivity index (χ4v) is 4.52. The largest absolute Gasteiger partial charge is 0.475 e. The average Bonchev–Trinajstić information content (AvgIpc) is 3.08. The lowest BCUT2D eigenvalue weighted by atomic mass is 9.83. The van der Waals surface area contributed by atoms with Crippen LogP contribution in [0.3, 0.4) is 0 Å². The average molecular weight is 312 g/mol. The summed E-state index contributed by atoms with van der Waals surface area (Å²) in [6, 6.07) is 2.82. The molecule has 0 radical (unpaired) electrons. The van der Waals surface area contributed by atoms with Crippen molar-refractivity contribution < 1.29 is 23.3 Å². The minimum Gasteiger partial charge on any atom is -0.475 e. The molecule has 0 amide bonds. The van der Waals surface area contributed by atoms with Crippen LogP contribution in [-0.2, 0) is 15.5 Å². The van der Waals surface area contributed by atoms with E-state index in [1.807, 2.05) is 0 Å². The molecular formula is C15H20O5S. The standard InChI is InChI=1S/C15H20O5S/c16-14(17)12-4-5-13(19-12)21(18)10-11-6-9-15(20-11)7-2-1-3-8-15/h4-5,11H,1-3,6-10H2,(H,16,17).